The Morgan fingerprint density at radius 3 is 2.53 bits per heavy atom. The zero-order chi connectivity index (χ0) is 14.0. The molecule has 0 spiro atoms. The van der Waals surface area contributed by atoms with E-state index in [2.05, 4.69) is 26.2 Å². The number of alkyl halides is 3. The number of nitrogens with zero attached hydrogens (tertiary/aromatic N) is 1. The molecule has 0 fully saturated rings. The normalized spacial score (nSPS) is 11.4. The van der Waals surface area contributed by atoms with Gasteiger partial charge in [-0.3, -0.25) is 0 Å². The van der Waals surface area contributed by atoms with Crippen LogP contribution in [0.3, 0.4) is 0 Å². The third-order valence-corrected chi connectivity index (χ3v) is 3.05. The molecule has 0 aliphatic rings. The van der Waals surface area contributed by atoms with E-state index in [-0.39, 0.29) is 5.82 Å². The highest BCUT2D eigenvalue weighted by Crippen LogP contribution is 2.35. The average molecular weight is 332 g/mol. The summed E-state index contributed by atoms with van der Waals surface area (Å²) < 4.78 is 38.4. The number of hydrogen-bond donors (Lipinski definition) is 2. The van der Waals surface area contributed by atoms with Crippen molar-refractivity contribution in [1.29, 1.82) is 0 Å². The maximum absolute atomic E-state index is 12.6. The summed E-state index contributed by atoms with van der Waals surface area (Å²) in [5.41, 5.74) is 5.65. The second-order valence-corrected chi connectivity index (χ2v) is 4.64. The minimum absolute atomic E-state index is 0.285. The van der Waals surface area contributed by atoms with E-state index in [1.165, 1.54) is 18.3 Å². The second-order valence-electron chi connectivity index (χ2n) is 3.79. The Morgan fingerprint density at radius 2 is 1.89 bits per heavy atom. The van der Waals surface area contributed by atoms with Crippen LogP contribution in [0.25, 0.3) is 0 Å². The summed E-state index contributed by atoms with van der Waals surface area (Å²) in [5, 5.41) is 2.86. The predicted molar refractivity (Wildman–Crippen MR) is 71.1 cm³/mol. The molecule has 2 aromatic rings. The summed E-state index contributed by atoms with van der Waals surface area (Å²) in [7, 11) is 0. The fourth-order valence-electron chi connectivity index (χ4n) is 1.48. The number of nitrogen functional groups attached to an aromatic ring is 1. The number of anilines is 3. The summed E-state index contributed by atoms with van der Waals surface area (Å²) in [4.78, 5) is 3.81. The lowest BCUT2D eigenvalue weighted by atomic mass is 10.2. The number of rotatable bonds is 2. The molecule has 3 nitrogen and oxygen atoms in total. The number of hydrogen-bond acceptors (Lipinski definition) is 3. The monoisotopic (exact) mass is 331 g/mol. The van der Waals surface area contributed by atoms with Gasteiger partial charge in [-0.15, -0.1) is 0 Å². The first kappa shape index (κ1) is 13.7. The minimum atomic E-state index is -4.38. The zero-order valence-corrected chi connectivity index (χ0v) is 11.1. The van der Waals surface area contributed by atoms with Gasteiger partial charge in [-0.25, -0.2) is 4.98 Å². The SMILES string of the molecule is Nc1cc(Nc2cc(C(F)(F)F)ccc2Br)ccn1. The molecule has 0 radical (unpaired) electrons. The standard InChI is InChI=1S/C12H9BrF3N3/c13-9-2-1-7(12(14,15)16)5-10(9)19-8-3-4-18-11(17)6-8/h1-6H,(H3,17,18,19). The maximum Gasteiger partial charge on any atom is 0.416 e. The van der Waals surface area contributed by atoms with Crippen molar-refractivity contribution in [3.8, 4) is 0 Å². The lowest BCUT2D eigenvalue weighted by molar-refractivity contribution is -0.137. The van der Waals surface area contributed by atoms with E-state index in [1.54, 1.807) is 6.07 Å². The zero-order valence-electron chi connectivity index (χ0n) is 9.50. The Hall–Kier alpha value is -1.76. The van der Waals surface area contributed by atoms with Gasteiger partial charge in [0.15, 0.2) is 0 Å². The van der Waals surface area contributed by atoms with Crippen molar-refractivity contribution in [2.24, 2.45) is 0 Å². The van der Waals surface area contributed by atoms with Crippen molar-refractivity contribution in [3.63, 3.8) is 0 Å². The number of aromatic nitrogens is 1. The first-order valence-corrected chi connectivity index (χ1v) is 6.01. The molecule has 1 aromatic heterocycles. The van der Waals surface area contributed by atoms with Crippen LogP contribution in [0, 0.1) is 0 Å². The Bertz CT molecular complexity index is 599. The van der Waals surface area contributed by atoms with Gasteiger partial charge in [0.1, 0.15) is 5.82 Å². The predicted octanol–water partition coefficient (Wildman–Crippen LogP) is 4.19. The van der Waals surface area contributed by atoms with E-state index in [9.17, 15) is 13.2 Å². The van der Waals surface area contributed by atoms with Crippen LogP contribution in [-0.4, -0.2) is 4.98 Å². The lowest BCUT2D eigenvalue weighted by Crippen LogP contribution is -2.05. The molecule has 0 aliphatic carbocycles. The van der Waals surface area contributed by atoms with Crippen molar-refractivity contribution in [2.45, 2.75) is 6.18 Å². The topological polar surface area (TPSA) is 50.9 Å². The van der Waals surface area contributed by atoms with Gasteiger partial charge in [-0.2, -0.15) is 13.2 Å². The molecular formula is C12H9BrF3N3. The van der Waals surface area contributed by atoms with Crippen molar-refractivity contribution in [1.82, 2.24) is 4.98 Å². The van der Waals surface area contributed by atoms with Crippen molar-refractivity contribution in [2.75, 3.05) is 11.1 Å². The molecule has 0 saturated heterocycles. The van der Waals surface area contributed by atoms with Crippen LogP contribution in [0.1, 0.15) is 5.56 Å². The highest BCUT2D eigenvalue weighted by molar-refractivity contribution is 9.10. The summed E-state index contributed by atoms with van der Waals surface area (Å²) in [5.74, 6) is 0.285. The second kappa shape index (κ2) is 5.08. The molecule has 0 unspecified atom stereocenters. The van der Waals surface area contributed by atoms with Gasteiger partial charge in [0.25, 0.3) is 0 Å². The van der Waals surface area contributed by atoms with Crippen molar-refractivity contribution < 1.29 is 13.2 Å². The van der Waals surface area contributed by atoms with Crippen molar-refractivity contribution >= 4 is 33.1 Å². The minimum Gasteiger partial charge on any atom is -0.384 e. The molecule has 19 heavy (non-hydrogen) atoms. The smallest absolute Gasteiger partial charge is 0.384 e. The maximum atomic E-state index is 12.6. The van der Waals surface area contributed by atoms with E-state index in [1.807, 2.05) is 0 Å². The lowest BCUT2D eigenvalue weighted by Gasteiger charge is -2.12. The average Bonchev–Trinajstić information content (AvgIpc) is 2.30. The van der Waals surface area contributed by atoms with Crippen LogP contribution < -0.4 is 11.1 Å². The fraction of sp³-hybridized carbons (Fsp3) is 0.0833. The van der Waals surface area contributed by atoms with Crippen molar-refractivity contribution in [3.05, 3.63) is 46.6 Å². The third kappa shape index (κ3) is 3.37. The molecule has 3 N–H and O–H groups in total. The Morgan fingerprint density at radius 1 is 1.16 bits per heavy atom. The van der Waals surface area contributed by atoms with Gasteiger partial charge < -0.3 is 11.1 Å². The molecule has 0 bridgehead atoms. The van der Waals surface area contributed by atoms with Gasteiger partial charge in [-0.05, 0) is 40.2 Å². The molecule has 1 heterocycles. The van der Waals surface area contributed by atoms with Gasteiger partial charge >= 0.3 is 6.18 Å². The summed E-state index contributed by atoms with van der Waals surface area (Å²) in [6, 6.07) is 6.53. The van der Waals surface area contributed by atoms with Crippen LogP contribution >= 0.6 is 15.9 Å². The number of nitrogens with two attached hydrogens (primary N) is 1. The number of benzene rings is 1. The van der Waals surface area contributed by atoms with Gasteiger partial charge in [0, 0.05) is 22.4 Å². The van der Waals surface area contributed by atoms with Gasteiger partial charge in [0.2, 0.25) is 0 Å². The van der Waals surface area contributed by atoms with E-state index >= 15 is 0 Å². The fourth-order valence-corrected chi connectivity index (χ4v) is 1.82. The van der Waals surface area contributed by atoms with Gasteiger partial charge in [0.05, 0.1) is 11.3 Å². The van der Waals surface area contributed by atoms with E-state index in [4.69, 9.17) is 5.73 Å². The Balaban J connectivity index is 2.34. The van der Waals surface area contributed by atoms with E-state index in [0.29, 0.717) is 15.8 Å². The Kier molecular flexibility index (Phi) is 3.66. The first-order valence-electron chi connectivity index (χ1n) is 5.21. The quantitative estimate of drug-likeness (QED) is 0.867. The molecule has 0 atom stereocenters. The first-order chi connectivity index (χ1) is 8.86. The van der Waals surface area contributed by atoms with Crippen LogP contribution in [0.5, 0.6) is 0 Å². The largest absolute Gasteiger partial charge is 0.416 e. The molecule has 1 aromatic carbocycles. The molecular weight excluding hydrogens is 323 g/mol. The third-order valence-electron chi connectivity index (χ3n) is 2.35. The summed E-state index contributed by atoms with van der Waals surface area (Å²) >= 11 is 3.20. The van der Waals surface area contributed by atoms with Gasteiger partial charge in [-0.1, -0.05) is 0 Å². The Labute approximate surface area is 115 Å². The van der Waals surface area contributed by atoms with Crippen LogP contribution in [0.4, 0.5) is 30.4 Å². The van der Waals surface area contributed by atoms with Crippen LogP contribution in [0.15, 0.2) is 41.0 Å². The summed E-state index contributed by atoms with van der Waals surface area (Å²) in [6.45, 7) is 0. The van der Waals surface area contributed by atoms with E-state index < -0.39 is 11.7 Å². The van der Waals surface area contributed by atoms with E-state index in [0.717, 1.165) is 12.1 Å². The van der Waals surface area contributed by atoms with Crippen LogP contribution in [0.2, 0.25) is 0 Å². The highest BCUT2D eigenvalue weighted by Gasteiger charge is 2.30. The molecule has 0 amide bonds. The molecule has 100 valence electrons. The molecule has 0 saturated carbocycles. The number of pyridine rings is 1. The number of halogens is 4. The summed E-state index contributed by atoms with van der Waals surface area (Å²) in [6.07, 6.45) is -2.91. The highest BCUT2D eigenvalue weighted by atomic mass is 79.9. The molecule has 0 aliphatic heterocycles. The molecule has 7 heteroatoms. The van der Waals surface area contributed by atoms with Crippen LogP contribution in [-0.2, 0) is 6.18 Å². The molecule has 2 rings (SSSR count). The number of nitrogens with one attached hydrogen (secondary N) is 1.